The van der Waals surface area contributed by atoms with E-state index in [1.165, 1.54) is 0 Å². The Kier molecular flexibility index (Phi) is 5.87. The Bertz CT molecular complexity index is 1290. The van der Waals surface area contributed by atoms with Crippen LogP contribution in [0.3, 0.4) is 0 Å². The van der Waals surface area contributed by atoms with Gasteiger partial charge in [-0.05, 0) is 67.3 Å². The predicted octanol–water partition coefficient (Wildman–Crippen LogP) is 2.77. The first-order chi connectivity index (χ1) is 15.3. The lowest BCUT2D eigenvalue weighted by Crippen LogP contribution is -2.25. The molecule has 3 heterocycles. The summed E-state index contributed by atoms with van der Waals surface area (Å²) in [6, 6.07) is 10.0. The van der Waals surface area contributed by atoms with E-state index < -0.39 is 0 Å². The zero-order valence-corrected chi connectivity index (χ0v) is 18.5. The number of anilines is 1. The van der Waals surface area contributed by atoms with Crippen LogP contribution in [0.25, 0.3) is 10.9 Å². The van der Waals surface area contributed by atoms with Crippen LogP contribution >= 0.6 is 0 Å². The van der Waals surface area contributed by atoms with Gasteiger partial charge in [-0.2, -0.15) is 5.10 Å². The topological polar surface area (TPSA) is 125 Å². The predicted molar refractivity (Wildman–Crippen MR) is 125 cm³/mol. The summed E-state index contributed by atoms with van der Waals surface area (Å²) < 4.78 is 1.75. The molecule has 4 rings (SSSR count). The van der Waals surface area contributed by atoms with E-state index in [0.29, 0.717) is 30.2 Å². The summed E-state index contributed by atoms with van der Waals surface area (Å²) in [6.45, 7) is 6.93. The van der Waals surface area contributed by atoms with Crippen molar-refractivity contribution in [3.05, 3.63) is 81.9 Å². The highest BCUT2D eigenvalue weighted by Crippen LogP contribution is 2.18. The monoisotopic (exact) mass is 429 g/mol. The average Bonchev–Trinajstić information content (AvgIpc) is 3.15. The molecular weight excluding hydrogens is 402 g/mol. The third-order valence-electron chi connectivity index (χ3n) is 5.50. The van der Waals surface area contributed by atoms with Gasteiger partial charge in [-0.1, -0.05) is 6.07 Å². The number of nitrogens with one attached hydrogen (secondary N) is 1. The molecule has 5 N–H and O–H groups in total. The summed E-state index contributed by atoms with van der Waals surface area (Å²) in [4.78, 5) is 21.6. The molecular formula is C24H27N7O. The Labute approximate surface area is 186 Å². The lowest BCUT2D eigenvalue weighted by atomic mass is 10.1. The number of nitrogen functional groups attached to an aromatic ring is 1. The second-order valence-electron chi connectivity index (χ2n) is 8.04. The number of hydrogen-bond acceptors (Lipinski definition) is 6. The average molecular weight is 430 g/mol. The van der Waals surface area contributed by atoms with Gasteiger partial charge in [-0.3, -0.25) is 14.5 Å². The molecule has 8 heteroatoms. The van der Waals surface area contributed by atoms with Gasteiger partial charge in [0.2, 0.25) is 0 Å². The SMILES string of the molecule is Cc1cnc2ccc(Cn3cc(C(=O)NCc4c(C)cc(N)nc4C)c(CN)n3)cc2c1. The van der Waals surface area contributed by atoms with E-state index in [2.05, 4.69) is 32.5 Å². The Balaban J connectivity index is 1.52. The summed E-state index contributed by atoms with van der Waals surface area (Å²) in [7, 11) is 0. The molecule has 1 amide bonds. The van der Waals surface area contributed by atoms with E-state index in [9.17, 15) is 4.79 Å². The van der Waals surface area contributed by atoms with Crippen molar-refractivity contribution in [3.8, 4) is 0 Å². The first kappa shape index (κ1) is 21.5. The fraction of sp³-hybridized carbons (Fsp3) is 0.250. The molecule has 0 aliphatic carbocycles. The van der Waals surface area contributed by atoms with Crippen molar-refractivity contribution < 1.29 is 4.79 Å². The number of hydrogen-bond donors (Lipinski definition) is 3. The van der Waals surface area contributed by atoms with Crippen molar-refractivity contribution in [1.82, 2.24) is 25.1 Å². The number of amides is 1. The number of pyridine rings is 2. The summed E-state index contributed by atoms with van der Waals surface area (Å²) in [6.07, 6.45) is 3.61. The summed E-state index contributed by atoms with van der Waals surface area (Å²) in [5.41, 5.74) is 18.6. The molecule has 0 aliphatic rings. The van der Waals surface area contributed by atoms with Crippen LogP contribution in [-0.2, 0) is 19.6 Å². The molecule has 0 spiro atoms. The molecule has 8 nitrogen and oxygen atoms in total. The molecule has 3 aromatic heterocycles. The lowest BCUT2D eigenvalue weighted by molar-refractivity contribution is 0.0950. The van der Waals surface area contributed by atoms with Gasteiger partial charge in [-0.25, -0.2) is 4.98 Å². The van der Waals surface area contributed by atoms with Gasteiger partial charge in [0.05, 0.1) is 23.3 Å². The number of carbonyl (C=O) groups excluding carboxylic acids is 1. The molecule has 0 radical (unpaired) electrons. The molecule has 32 heavy (non-hydrogen) atoms. The van der Waals surface area contributed by atoms with Crippen LogP contribution in [0.2, 0.25) is 0 Å². The van der Waals surface area contributed by atoms with Gasteiger partial charge in [0.25, 0.3) is 5.91 Å². The highest BCUT2D eigenvalue weighted by atomic mass is 16.1. The maximum Gasteiger partial charge on any atom is 0.255 e. The zero-order chi connectivity index (χ0) is 22.8. The van der Waals surface area contributed by atoms with E-state index in [0.717, 1.165) is 38.9 Å². The molecule has 0 atom stereocenters. The second-order valence-corrected chi connectivity index (χ2v) is 8.04. The standard InChI is InChI=1S/C24H27N7O/c1-14-6-18-8-17(4-5-21(18)27-10-14)12-31-13-20(22(9-25)30-31)24(32)28-11-19-15(2)7-23(26)29-16(19)3/h4-8,10,13H,9,11-12,25H2,1-3H3,(H2,26,29)(H,28,32). The fourth-order valence-corrected chi connectivity index (χ4v) is 3.88. The molecule has 4 aromatic rings. The minimum absolute atomic E-state index is 0.179. The molecule has 0 saturated heterocycles. The number of carbonyl (C=O) groups is 1. The summed E-state index contributed by atoms with van der Waals surface area (Å²) in [5, 5.41) is 8.57. The first-order valence-electron chi connectivity index (χ1n) is 10.5. The van der Waals surface area contributed by atoms with Crippen molar-refractivity contribution >= 4 is 22.6 Å². The van der Waals surface area contributed by atoms with E-state index >= 15 is 0 Å². The number of aryl methyl sites for hydroxylation is 3. The second kappa shape index (κ2) is 8.76. The van der Waals surface area contributed by atoms with E-state index in [1.54, 1.807) is 16.9 Å². The van der Waals surface area contributed by atoms with Crippen molar-refractivity contribution in [2.75, 3.05) is 5.73 Å². The van der Waals surface area contributed by atoms with E-state index in [4.69, 9.17) is 11.5 Å². The molecule has 0 bridgehead atoms. The molecule has 0 fully saturated rings. The normalized spacial score (nSPS) is 11.1. The van der Waals surface area contributed by atoms with Gasteiger partial charge in [0.1, 0.15) is 5.82 Å². The van der Waals surface area contributed by atoms with E-state index in [1.807, 2.05) is 39.1 Å². The van der Waals surface area contributed by atoms with Crippen molar-refractivity contribution in [3.63, 3.8) is 0 Å². The van der Waals surface area contributed by atoms with Crippen LogP contribution in [0, 0.1) is 20.8 Å². The number of aromatic nitrogens is 4. The quantitative estimate of drug-likeness (QED) is 0.433. The van der Waals surface area contributed by atoms with Gasteiger partial charge >= 0.3 is 0 Å². The molecule has 1 aromatic carbocycles. The highest BCUT2D eigenvalue weighted by Gasteiger charge is 2.17. The van der Waals surface area contributed by atoms with Crippen LogP contribution in [-0.4, -0.2) is 25.7 Å². The van der Waals surface area contributed by atoms with Crippen LogP contribution in [0.1, 0.15) is 44.0 Å². The first-order valence-corrected chi connectivity index (χ1v) is 10.5. The number of nitrogens with two attached hydrogens (primary N) is 2. The molecule has 0 unspecified atom stereocenters. The largest absolute Gasteiger partial charge is 0.384 e. The Hall–Kier alpha value is -3.78. The minimum atomic E-state index is -0.217. The van der Waals surface area contributed by atoms with Gasteiger partial charge in [-0.15, -0.1) is 0 Å². The number of fused-ring (bicyclic) bond motifs is 1. The van der Waals surface area contributed by atoms with Crippen LogP contribution in [0.4, 0.5) is 5.82 Å². The Morgan fingerprint density at radius 1 is 1.16 bits per heavy atom. The third kappa shape index (κ3) is 4.45. The lowest BCUT2D eigenvalue weighted by Gasteiger charge is -2.11. The van der Waals surface area contributed by atoms with Gasteiger partial charge in [0, 0.05) is 36.6 Å². The smallest absolute Gasteiger partial charge is 0.255 e. The summed E-state index contributed by atoms with van der Waals surface area (Å²) >= 11 is 0. The fourth-order valence-electron chi connectivity index (χ4n) is 3.88. The maximum atomic E-state index is 12.9. The molecule has 0 aliphatic heterocycles. The third-order valence-corrected chi connectivity index (χ3v) is 5.50. The van der Waals surface area contributed by atoms with Crippen molar-refractivity contribution in [2.45, 2.75) is 40.4 Å². The van der Waals surface area contributed by atoms with Crippen LogP contribution in [0.5, 0.6) is 0 Å². The zero-order valence-electron chi connectivity index (χ0n) is 18.5. The molecule has 164 valence electrons. The Morgan fingerprint density at radius 2 is 1.97 bits per heavy atom. The minimum Gasteiger partial charge on any atom is -0.384 e. The number of rotatable bonds is 6. The van der Waals surface area contributed by atoms with Gasteiger partial charge < -0.3 is 16.8 Å². The summed E-state index contributed by atoms with van der Waals surface area (Å²) in [5.74, 6) is 0.257. The highest BCUT2D eigenvalue weighted by molar-refractivity contribution is 5.95. The van der Waals surface area contributed by atoms with Crippen LogP contribution in [0.15, 0.2) is 42.7 Å². The number of benzene rings is 1. The van der Waals surface area contributed by atoms with E-state index in [-0.39, 0.29) is 12.5 Å². The Morgan fingerprint density at radius 3 is 2.72 bits per heavy atom. The van der Waals surface area contributed by atoms with Crippen molar-refractivity contribution in [2.24, 2.45) is 5.73 Å². The number of nitrogens with zero attached hydrogens (tertiary/aromatic N) is 4. The van der Waals surface area contributed by atoms with Gasteiger partial charge in [0.15, 0.2) is 0 Å². The molecule has 0 saturated carbocycles. The van der Waals surface area contributed by atoms with Crippen molar-refractivity contribution in [1.29, 1.82) is 0 Å². The maximum absolute atomic E-state index is 12.9. The van der Waals surface area contributed by atoms with Crippen LogP contribution < -0.4 is 16.8 Å².